The molecule has 398 valence electrons. The third-order valence-corrected chi connectivity index (χ3v) is 16.3. The molecule has 72 heavy (non-hydrogen) atoms. The summed E-state index contributed by atoms with van der Waals surface area (Å²) in [6, 6.07) is 9.99. The van der Waals surface area contributed by atoms with Gasteiger partial charge >= 0.3 is 12.1 Å². The molecule has 3 aliphatic heterocycles. The molecule has 1 aliphatic carbocycles. The van der Waals surface area contributed by atoms with E-state index in [1.165, 1.54) is 30.3 Å². The Kier molecular flexibility index (Phi) is 20.5. The van der Waals surface area contributed by atoms with Gasteiger partial charge in [0.05, 0.1) is 42.3 Å². The number of nitrogens with zero attached hydrogens (tertiary/aromatic N) is 3. The number of rotatable bonds is 25. The fourth-order valence-corrected chi connectivity index (χ4v) is 12.4. The van der Waals surface area contributed by atoms with Crippen LogP contribution in [-0.2, 0) is 35.9 Å². The first-order valence-corrected chi connectivity index (χ1v) is 28.2. The molecule has 0 unspecified atom stereocenters. The number of nitrogens with one attached hydrogen (secondary N) is 6. The number of likely N-dealkylation sites (tertiary alicyclic amines) is 2. The minimum absolute atomic E-state index is 0.0580. The van der Waals surface area contributed by atoms with Crippen molar-refractivity contribution in [3.05, 3.63) is 86.9 Å². The zero-order chi connectivity index (χ0) is 51.3. The lowest BCUT2D eigenvalue weighted by Crippen LogP contribution is -2.50. The molecule has 0 saturated carbocycles. The molecule has 8 N–H and O–H groups in total. The summed E-state index contributed by atoms with van der Waals surface area (Å²) in [4.78, 5) is 30.4. The maximum absolute atomic E-state index is 15.7. The van der Waals surface area contributed by atoms with Crippen LogP contribution in [0, 0.1) is 11.6 Å². The number of hydrogen-bond donors (Lipinski definition) is 7. The van der Waals surface area contributed by atoms with Gasteiger partial charge < -0.3 is 45.7 Å². The number of nitrogens with two attached hydrogens (primary N) is 1. The van der Waals surface area contributed by atoms with Crippen LogP contribution in [0.3, 0.4) is 0 Å². The van der Waals surface area contributed by atoms with Crippen LogP contribution in [0.4, 0.5) is 18.4 Å². The van der Waals surface area contributed by atoms with Crippen molar-refractivity contribution in [3.63, 3.8) is 0 Å². The predicted octanol–water partition coefficient (Wildman–Crippen LogP) is 3.12. The third-order valence-electron chi connectivity index (χ3n) is 13.3. The fourth-order valence-electron chi connectivity index (χ4n) is 9.67. The molecule has 0 bridgehead atoms. The molecule has 0 spiro atoms. The third kappa shape index (κ3) is 15.8. The molecule has 4 amide bonds. The molecule has 3 saturated heterocycles. The highest BCUT2D eigenvalue weighted by Gasteiger charge is 2.41. The van der Waals surface area contributed by atoms with Gasteiger partial charge in [0.1, 0.15) is 11.9 Å². The summed E-state index contributed by atoms with van der Waals surface area (Å²) >= 11 is 13.0. The molecule has 25 heteroatoms. The number of urea groups is 2. The first kappa shape index (κ1) is 55.8. The highest BCUT2D eigenvalue weighted by Crippen LogP contribution is 2.43. The van der Waals surface area contributed by atoms with Gasteiger partial charge in [0.2, 0.25) is 20.0 Å². The number of carbonyl (C=O) groups is 2. The average Bonchev–Trinajstić information content (AvgIpc) is 4.09. The molecule has 3 aromatic rings. The van der Waals surface area contributed by atoms with Gasteiger partial charge in [-0.1, -0.05) is 29.3 Å². The number of fused-ring (bicyclic) bond motifs is 1. The first-order valence-electron chi connectivity index (χ1n) is 24.4. The largest absolute Gasteiger partial charge is 0.481 e. The van der Waals surface area contributed by atoms with E-state index in [0.717, 1.165) is 43.4 Å². The Hall–Kier alpha value is -3.98. The Labute approximate surface area is 430 Å². The molecule has 3 heterocycles. The molecule has 4 atom stereocenters. The van der Waals surface area contributed by atoms with Gasteiger partial charge in [-0.25, -0.2) is 45.1 Å². The molecular formula is C47H66Cl2F2N10O9S2. The number of hydrogen-bond acceptors (Lipinski definition) is 13. The maximum atomic E-state index is 15.7. The van der Waals surface area contributed by atoms with Crippen molar-refractivity contribution >= 4 is 55.3 Å². The van der Waals surface area contributed by atoms with E-state index in [1.54, 1.807) is 12.1 Å². The van der Waals surface area contributed by atoms with E-state index in [2.05, 4.69) is 46.0 Å². The topological polar surface area (TPSA) is 238 Å². The zero-order valence-corrected chi connectivity index (χ0v) is 43.3. The van der Waals surface area contributed by atoms with Crippen LogP contribution in [0.5, 0.6) is 5.75 Å². The lowest BCUT2D eigenvalue weighted by atomic mass is 9.98. The Morgan fingerprint density at radius 3 is 2.06 bits per heavy atom. The van der Waals surface area contributed by atoms with Crippen LogP contribution in [0.1, 0.15) is 54.4 Å². The van der Waals surface area contributed by atoms with Gasteiger partial charge in [-0.2, -0.15) is 0 Å². The molecule has 3 fully saturated rings. The molecule has 7 rings (SSSR count). The fraction of sp³-hybridized carbons (Fsp3) is 0.574. The smallest absolute Gasteiger partial charge is 0.314 e. The van der Waals surface area contributed by atoms with Crippen molar-refractivity contribution in [2.24, 2.45) is 5.14 Å². The number of sulfonamides is 2. The second kappa shape index (κ2) is 26.5. The van der Waals surface area contributed by atoms with E-state index >= 15 is 4.39 Å². The lowest BCUT2D eigenvalue weighted by Gasteiger charge is -2.36. The van der Waals surface area contributed by atoms with Gasteiger partial charge in [0.15, 0.2) is 11.6 Å². The van der Waals surface area contributed by atoms with Gasteiger partial charge in [-0.05, 0) is 93.2 Å². The van der Waals surface area contributed by atoms with Crippen molar-refractivity contribution in [2.45, 2.75) is 66.0 Å². The number of amides is 4. The van der Waals surface area contributed by atoms with E-state index in [4.69, 9.17) is 42.6 Å². The number of piperazine rings is 1. The molecule has 4 aliphatic rings. The number of halogens is 4. The summed E-state index contributed by atoms with van der Waals surface area (Å²) in [6.07, 6.45) is 2.54. The summed E-state index contributed by atoms with van der Waals surface area (Å²) < 4.78 is 101. The highest BCUT2D eigenvalue weighted by molar-refractivity contribution is 7.89. The SMILES string of the molecule is NS(=O)(=O)c1cccc(F)c1[C@H]1CCN(CCOCCNC(=O)NCCCCNC(=O)NCCOCCN2CC[C@@H](NS(=O)(=O)c3ccc(O[C@H]4c5cc(Cl)cc(Cl)c5C[C@@H]4N4CCNCC4)c(F)c3)C2)C1. The van der Waals surface area contributed by atoms with Crippen LogP contribution in [0.2, 0.25) is 10.0 Å². The molecular weight excluding hydrogens is 1020 g/mol. The van der Waals surface area contributed by atoms with Gasteiger partial charge in [0.25, 0.3) is 0 Å². The molecule has 3 aromatic carbocycles. The quantitative estimate of drug-likeness (QED) is 0.0605. The predicted molar refractivity (Wildman–Crippen MR) is 269 cm³/mol. The van der Waals surface area contributed by atoms with Gasteiger partial charge in [-0.3, -0.25) is 9.80 Å². The second-order valence-electron chi connectivity index (χ2n) is 18.3. The summed E-state index contributed by atoms with van der Waals surface area (Å²) in [5.74, 6) is -1.72. The maximum Gasteiger partial charge on any atom is 0.314 e. The minimum Gasteiger partial charge on any atom is -0.481 e. The van der Waals surface area contributed by atoms with Crippen LogP contribution >= 0.6 is 23.2 Å². The number of unbranched alkanes of at least 4 members (excludes halogenated alkanes) is 1. The molecule has 0 aromatic heterocycles. The van der Waals surface area contributed by atoms with E-state index in [-0.39, 0.29) is 51.2 Å². The normalized spacial score (nSPS) is 20.9. The van der Waals surface area contributed by atoms with Gasteiger partial charge in [-0.15, -0.1) is 0 Å². The van der Waals surface area contributed by atoms with E-state index < -0.39 is 37.8 Å². The Balaban J connectivity index is 0.686. The summed E-state index contributed by atoms with van der Waals surface area (Å²) in [6.45, 7) is 9.44. The zero-order valence-electron chi connectivity index (χ0n) is 40.1. The summed E-state index contributed by atoms with van der Waals surface area (Å²) in [5.41, 5.74) is 1.85. The number of ether oxygens (including phenoxy) is 3. The number of primary sulfonamides is 1. The molecule has 0 radical (unpaired) electrons. The van der Waals surface area contributed by atoms with Crippen LogP contribution in [0.15, 0.2) is 58.3 Å². The average molecular weight is 1090 g/mol. The van der Waals surface area contributed by atoms with Crippen molar-refractivity contribution < 1.29 is 49.4 Å². The Bertz CT molecular complexity index is 2550. The van der Waals surface area contributed by atoms with Crippen molar-refractivity contribution in [3.8, 4) is 5.75 Å². The number of benzene rings is 3. The molecule has 19 nitrogen and oxygen atoms in total. The summed E-state index contributed by atoms with van der Waals surface area (Å²) in [5, 5.41) is 20.7. The van der Waals surface area contributed by atoms with Crippen molar-refractivity contribution in [1.82, 2.24) is 46.0 Å². The van der Waals surface area contributed by atoms with Crippen molar-refractivity contribution in [2.75, 3.05) is 118 Å². The minimum atomic E-state index is -4.05. The van der Waals surface area contributed by atoms with Crippen LogP contribution < -0.4 is 41.2 Å². The second-order valence-corrected chi connectivity index (χ2v) is 22.4. The first-order chi connectivity index (χ1) is 34.6. The standard InChI is InChI=1S/C47H66Cl2F2N10O9S2/c48-33-26-37-36(38(49)27-33)29-41(61-18-12-53-13-19-61)45(37)70-42-7-6-35(28-40(42)51)72(66,67)58-34-9-17-60(31-34)21-25-69-23-15-57-47(63)55-11-2-1-10-54-46(62)56-14-22-68-24-20-59-16-8-32(30-59)44-39(50)4-3-5-43(44)71(52,64)65/h3-7,26-28,32,34,41,45,53,58H,1-2,8-25,29-31H2,(H2,52,64,65)(H2,54,56,62)(H2,55,57,63)/t32-,34+,41-,45-/m0/s1. The van der Waals surface area contributed by atoms with Crippen LogP contribution in [-0.4, -0.2) is 174 Å². The Morgan fingerprint density at radius 2 is 1.40 bits per heavy atom. The summed E-state index contributed by atoms with van der Waals surface area (Å²) in [7, 11) is -8.08. The van der Waals surface area contributed by atoms with E-state index in [0.29, 0.717) is 134 Å². The van der Waals surface area contributed by atoms with E-state index in [9.17, 15) is 30.8 Å². The Morgan fingerprint density at radius 1 is 0.764 bits per heavy atom. The monoisotopic (exact) mass is 1090 g/mol. The highest BCUT2D eigenvalue weighted by atomic mass is 35.5. The van der Waals surface area contributed by atoms with Gasteiger partial charge in [0, 0.05) is 112 Å². The lowest BCUT2D eigenvalue weighted by molar-refractivity contribution is 0.0667. The van der Waals surface area contributed by atoms with Crippen molar-refractivity contribution in [1.29, 1.82) is 0 Å². The number of carbonyl (C=O) groups excluding carboxylic acids is 2. The van der Waals surface area contributed by atoms with Crippen LogP contribution in [0.25, 0.3) is 0 Å². The van der Waals surface area contributed by atoms with E-state index in [1.807, 2.05) is 0 Å².